The van der Waals surface area contributed by atoms with Crippen molar-refractivity contribution in [1.82, 2.24) is 24.4 Å². The first kappa shape index (κ1) is 22.8. The maximum Gasteiger partial charge on any atom is 0.247 e. The number of rotatable bonds is 6. The van der Waals surface area contributed by atoms with E-state index < -0.39 is 0 Å². The van der Waals surface area contributed by atoms with Crippen LogP contribution in [0, 0.1) is 16.7 Å². The fourth-order valence-corrected chi connectivity index (χ4v) is 5.25. The number of carbonyl (C=O) groups is 1. The zero-order valence-corrected chi connectivity index (χ0v) is 20.8. The van der Waals surface area contributed by atoms with Gasteiger partial charge in [0.25, 0.3) is 0 Å². The molecule has 10 heteroatoms. The van der Waals surface area contributed by atoms with Crippen molar-refractivity contribution in [3.05, 3.63) is 67.4 Å². The van der Waals surface area contributed by atoms with Gasteiger partial charge in [0.15, 0.2) is 0 Å². The van der Waals surface area contributed by atoms with E-state index in [0.29, 0.717) is 11.3 Å². The molecule has 2 saturated heterocycles. The maximum atomic E-state index is 11.5. The molecule has 0 radical (unpaired) electrons. The average molecular weight is 494 g/mol. The second-order valence-electron chi connectivity index (χ2n) is 10.2. The van der Waals surface area contributed by atoms with Gasteiger partial charge in [-0.2, -0.15) is 15.5 Å². The molecule has 4 aromatic heterocycles. The molecule has 0 unspecified atom stereocenters. The van der Waals surface area contributed by atoms with E-state index in [2.05, 4.69) is 62.9 Å². The number of hydrogen-bond donors (Lipinski definition) is 1. The summed E-state index contributed by atoms with van der Waals surface area (Å²) in [5.41, 5.74) is 5.32. The highest BCUT2D eigenvalue weighted by molar-refractivity contribution is 5.98. The monoisotopic (exact) mass is 493 g/mol. The largest absolute Gasteiger partial charge is 0.368 e. The van der Waals surface area contributed by atoms with E-state index in [-0.39, 0.29) is 17.4 Å². The van der Waals surface area contributed by atoms with Crippen molar-refractivity contribution in [1.29, 1.82) is 5.26 Å². The highest BCUT2D eigenvalue weighted by atomic mass is 16.1. The summed E-state index contributed by atoms with van der Waals surface area (Å²) in [4.78, 5) is 20.6. The molecule has 0 saturated carbocycles. The first-order chi connectivity index (χ1) is 17.9. The van der Waals surface area contributed by atoms with Crippen LogP contribution in [0.3, 0.4) is 0 Å². The average Bonchev–Trinajstić information content (AvgIpc) is 3.50. The minimum atomic E-state index is -0.253. The Morgan fingerprint density at radius 1 is 1.11 bits per heavy atom. The summed E-state index contributed by atoms with van der Waals surface area (Å²) in [6, 6.07) is 8.51. The Hall–Kier alpha value is -4.65. The molecule has 2 aliphatic rings. The quantitative estimate of drug-likeness (QED) is 0.410. The van der Waals surface area contributed by atoms with Crippen LogP contribution in [0.15, 0.2) is 61.8 Å². The normalized spacial score (nSPS) is 15.9. The number of nitrogens with one attached hydrogen (secondary N) is 1. The second-order valence-corrected chi connectivity index (χ2v) is 10.2. The number of amides is 1. The molecule has 6 heterocycles. The van der Waals surface area contributed by atoms with Crippen molar-refractivity contribution in [2.24, 2.45) is 5.41 Å². The number of nitrogens with zero attached hydrogens (tertiary/aromatic N) is 8. The summed E-state index contributed by atoms with van der Waals surface area (Å²) in [6.45, 7) is 11.3. The second kappa shape index (κ2) is 8.48. The molecule has 0 atom stereocenters. The van der Waals surface area contributed by atoms with Crippen molar-refractivity contribution >= 4 is 28.6 Å². The van der Waals surface area contributed by atoms with E-state index in [1.165, 1.54) is 6.08 Å². The Bertz CT molecular complexity index is 1540. The van der Waals surface area contributed by atoms with Gasteiger partial charge in [0.05, 0.1) is 35.5 Å². The third kappa shape index (κ3) is 3.89. The number of hydrogen-bond acceptors (Lipinski definition) is 7. The lowest BCUT2D eigenvalue weighted by Gasteiger charge is -2.61. The summed E-state index contributed by atoms with van der Waals surface area (Å²) >= 11 is 0. The van der Waals surface area contributed by atoms with E-state index in [9.17, 15) is 10.1 Å². The minimum Gasteiger partial charge on any atom is -0.368 e. The SMILES string of the molecule is C=CC(=O)Nc1ccc(N2CC3(C2)CN(c2cc(-c4cnn(C(C)C)c4)cn4ncc(C#N)c24)C3)nc1. The molecule has 10 nitrogen and oxygen atoms in total. The van der Waals surface area contributed by atoms with Crippen LogP contribution in [-0.4, -0.2) is 56.5 Å². The maximum absolute atomic E-state index is 11.5. The van der Waals surface area contributed by atoms with Gasteiger partial charge in [-0.25, -0.2) is 9.50 Å². The number of aromatic nitrogens is 5. The molecule has 0 bridgehead atoms. The number of anilines is 3. The van der Waals surface area contributed by atoms with Crippen LogP contribution < -0.4 is 15.1 Å². The Labute approximate surface area is 214 Å². The lowest BCUT2D eigenvalue weighted by Crippen LogP contribution is -2.72. The molecule has 2 fully saturated rings. The first-order valence-corrected chi connectivity index (χ1v) is 12.2. The van der Waals surface area contributed by atoms with Gasteiger partial charge in [0, 0.05) is 61.2 Å². The van der Waals surface area contributed by atoms with E-state index in [0.717, 1.165) is 54.3 Å². The number of carbonyl (C=O) groups excluding carboxylic acids is 1. The van der Waals surface area contributed by atoms with Crippen LogP contribution in [0.1, 0.15) is 25.5 Å². The van der Waals surface area contributed by atoms with E-state index in [4.69, 9.17) is 0 Å². The highest BCUT2D eigenvalue weighted by Crippen LogP contribution is 2.45. The molecule has 1 N–H and O–H groups in total. The molecule has 6 rings (SSSR count). The van der Waals surface area contributed by atoms with Crippen molar-refractivity contribution in [3.63, 3.8) is 0 Å². The van der Waals surface area contributed by atoms with Crippen LogP contribution in [0.4, 0.5) is 17.2 Å². The highest BCUT2D eigenvalue weighted by Gasteiger charge is 2.52. The summed E-state index contributed by atoms with van der Waals surface area (Å²) in [6.07, 6.45) is 10.4. The van der Waals surface area contributed by atoms with Gasteiger partial charge < -0.3 is 15.1 Å². The Balaban J connectivity index is 1.20. The van der Waals surface area contributed by atoms with Gasteiger partial charge >= 0.3 is 0 Å². The zero-order chi connectivity index (χ0) is 25.7. The smallest absolute Gasteiger partial charge is 0.247 e. The summed E-state index contributed by atoms with van der Waals surface area (Å²) in [7, 11) is 0. The topological polar surface area (TPSA) is 107 Å². The Morgan fingerprint density at radius 3 is 2.54 bits per heavy atom. The molecule has 1 amide bonds. The van der Waals surface area contributed by atoms with Crippen LogP contribution in [-0.2, 0) is 4.79 Å². The standard InChI is InChI=1S/C27H27N9O/c1-4-25(37)32-22-5-6-24(29-11-22)34-16-27(17-34)14-33(15-27)23-7-19(21-10-30-35(13-21)18(2)3)12-36-26(23)20(8-28)9-31-36/h4-7,9-13,18H,1,14-17H2,2-3H3,(H,32,37). The third-order valence-electron chi connectivity index (χ3n) is 7.15. The molecule has 0 aromatic carbocycles. The van der Waals surface area contributed by atoms with Gasteiger partial charge in [-0.3, -0.25) is 9.48 Å². The molecule has 4 aromatic rings. The fourth-order valence-electron chi connectivity index (χ4n) is 5.25. The molecule has 37 heavy (non-hydrogen) atoms. The predicted octanol–water partition coefficient (Wildman–Crippen LogP) is 3.50. The van der Waals surface area contributed by atoms with Crippen LogP contribution >= 0.6 is 0 Å². The Kier molecular flexibility index (Phi) is 5.22. The third-order valence-corrected chi connectivity index (χ3v) is 7.15. The van der Waals surface area contributed by atoms with Crippen LogP contribution in [0.25, 0.3) is 16.6 Å². The fraction of sp³-hybridized carbons (Fsp3) is 0.296. The van der Waals surface area contributed by atoms with Crippen molar-refractivity contribution < 1.29 is 4.79 Å². The van der Waals surface area contributed by atoms with Gasteiger partial charge in [0.1, 0.15) is 17.4 Å². The van der Waals surface area contributed by atoms with Gasteiger partial charge in [-0.1, -0.05) is 6.58 Å². The molecule has 186 valence electrons. The predicted molar refractivity (Wildman–Crippen MR) is 141 cm³/mol. The Morgan fingerprint density at radius 2 is 1.89 bits per heavy atom. The molecule has 2 aliphatic heterocycles. The molecule has 1 spiro atoms. The van der Waals surface area contributed by atoms with Gasteiger partial charge in [0.2, 0.25) is 5.91 Å². The molecular formula is C27H27N9O. The van der Waals surface area contributed by atoms with E-state index >= 15 is 0 Å². The molecular weight excluding hydrogens is 466 g/mol. The number of nitriles is 1. The van der Waals surface area contributed by atoms with Crippen molar-refractivity contribution in [3.8, 4) is 17.2 Å². The lowest BCUT2D eigenvalue weighted by atomic mass is 9.72. The lowest BCUT2D eigenvalue weighted by molar-refractivity contribution is -0.111. The zero-order valence-electron chi connectivity index (χ0n) is 20.8. The first-order valence-electron chi connectivity index (χ1n) is 12.2. The van der Waals surface area contributed by atoms with Crippen molar-refractivity contribution in [2.75, 3.05) is 41.3 Å². The van der Waals surface area contributed by atoms with Gasteiger partial charge in [-0.05, 0) is 38.1 Å². The number of fused-ring (bicyclic) bond motifs is 1. The van der Waals surface area contributed by atoms with Gasteiger partial charge in [-0.15, -0.1) is 0 Å². The van der Waals surface area contributed by atoms with E-state index in [1.54, 1.807) is 12.4 Å². The summed E-state index contributed by atoms with van der Waals surface area (Å²) in [5.74, 6) is 0.645. The minimum absolute atomic E-state index is 0.194. The van der Waals surface area contributed by atoms with E-state index in [1.807, 2.05) is 39.9 Å². The molecule has 0 aliphatic carbocycles. The van der Waals surface area contributed by atoms with Crippen LogP contribution in [0.2, 0.25) is 0 Å². The van der Waals surface area contributed by atoms with Crippen molar-refractivity contribution in [2.45, 2.75) is 19.9 Å². The summed E-state index contributed by atoms with van der Waals surface area (Å²) < 4.78 is 3.75. The van der Waals surface area contributed by atoms with Crippen LogP contribution in [0.5, 0.6) is 0 Å². The summed E-state index contributed by atoms with van der Waals surface area (Å²) in [5, 5.41) is 21.4. The number of pyridine rings is 2.